The molecule has 0 spiro atoms. The van der Waals surface area contributed by atoms with Crippen molar-refractivity contribution in [3.05, 3.63) is 29.8 Å². The van der Waals surface area contributed by atoms with Gasteiger partial charge in [0.25, 0.3) is 0 Å². The standard InChI is InChI=1S/C19H28N4O3/c1-22-7-9-23(10-8-22)17(24)14-15-3-2-4-16(13-15)21-18(25)19(20)5-11-26-12-6-19/h2-4,13H,5-12,14,20H2,1H3,(H,21,25). The van der Waals surface area contributed by atoms with Crippen LogP contribution in [0.15, 0.2) is 24.3 Å². The van der Waals surface area contributed by atoms with Gasteiger partial charge >= 0.3 is 0 Å². The summed E-state index contributed by atoms with van der Waals surface area (Å²) in [5, 5.41) is 2.90. The minimum absolute atomic E-state index is 0.126. The Labute approximate surface area is 154 Å². The highest BCUT2D eigenvalue weighted by molar-refractivity contribution is 5.98. The molecule has 0 saturated carbocycles. The van der Waals surface area contributed by atoms with E-state index in [4.69, 9.17) is 10.5 Å². The van der Waals surface area contributed by atoms with Gasteiger partial charge in [-0.25, -0.2) is 0 Å². The largest absolute Gasteiger partial charge is 0.381 e. The molecular formula is C19H28N4O3. The first-order valence-corrected chi connectivity index (χ1v) is 9.20. The number of nitrogens with two attached hydrogens (primary N) is 1. The Hall–Kier alpha value is -1.96. The van der Waals surface area contributed by atoms with Gasteiger partial charge in [0, 0.05) is 45.1 Å². The first-order chi connectivity index (χ1) is 12.5. The first-order valence-electron chi connectivity index (χ1n) is 9.20. The summed E-state index contributed by atoms with van der Waals surface area (Å²) < 4.78 is 5.29. The van der Waals surface area contributed by atoms with Crippen LogP contribution in [0.4, 0.5) is 5.69 Å². The van der Waals surface area contributed by atoms with E-state index in [9.17, 15) is 9.59 Å². The van der Waals surface area contributed by atoms with Crippen molar-refractivity contribution < 1.29 is 14.3 Å². The highest BCUT2D eigenvalue weighted by atomic mass is 16.5. The molecule has 0 radical (unpaired) electrons. The predicted octanol–water partition coefficient (Wildman–Crippen LogP) is 0.450. The fraction of sp³-hybridized carbons (Fsp3) is 0.579. The fourth-order valence-corrected chi connectivity index (χ4v) is 3.32. The van der Waals surface area contributed by atoms with E-state index < -0.39 is 5.54 Å². The second kappa shape index (κ2) is 8.16. The van der Waals surface area contributed by atoms with E-state index in [-0.39, 0.29) is 11.8 Å². The Morgan fingerprint density at radius 3 is 2.58 bits per heavy atom. The molecule has 2 amide bonds. The maximum atomic E-state index is 12.5. The van der Waals surface area contributed by atoms with Crippen LogP contribution >= 0.6 is 0 Å². The van der Waals surface area contributed by atoms with Crippen molar-refractivity contribution in [2.75, 3.05) is 51.8 Å². The lowest BCUT2D eigenvalue weighted by Crippen LogP contribution is -2.54. The average Bonchev–Trinajstić information content (AvgIpc) is 2.63. The van der Waals surface area contributed by atoms with E-state index in [1.165, 1.54) is 0 Å². The number of ether oxygens (including phenoxy) is 1. The molecule has 1 aromatic carbocycles. The third kappa shape index (κ3) is 4.60. The number of hydrogen-bond acceptors (Lipinski definition) is 5. The van der Waals surface area contributed by atoms with Crippen LogP contribution in [-0.2, 0) is 20.7 Å². The maximum absolute atomic E-state index is 12.5. The zero-order valence-electron chi connectivity index (χ0n) is 15.4. The van der Waals surface area contributed by atoms with E-state index >= 15 is 0 Å². The molecule has 26 heavy (non-hydrogen) atoms. The summed E-state index contributed by atoms with van der Waals surface area (Å²) in [6.45, 7) is 4.36. The maximum Gasteiger partial charge on any atom is 0.244 e. The minimum Gasteiger partial charge on any atom is -0.381 e. The van der Waals surface area contributed by atoms with Crippen LogP contribution in [0.2, 0.25) is 0 Å². The number of nitrogens with one attached hydrogen (secondary N) is 1. The van der Waals surface area contributed by atoms with Crippen LogP contribution in [0, 0.1) is 0 Å². The first kappa shape index (κ1) is 18.8. The number of rotatable bonds is 4. The molecule has 2 heterocycles. The number of piperazine rings is 1. The van der Waals surface area contributed by atoms with Gasteiger partial charge in [-0.15, -0.1) is 0 Å². The summed E-state index contributed by atoms with van der Waals surface area (Å²) >= 11 is 0. The van der Waals surface area contributed by atoms with E-state index in [1.807, 2.05) is 29.2 Å². The Bertz CT molecular complexity index is 650. The van der Waals surface area contributed by atoms with E-state index in [1.54, 1.807) is 0 Å². The Morgan fingerprint density at radius 1 is 1.19 bits per heavy atom. The smallest absolute Gasteiger partial charge is 0.244 e. The molecule has 2 fully saturated rings. The average molecular weight is 360 g/mol. The second-order valence-electron chi connectivity index (χ2n) is 7.28. The number of anilines is 1. The molecule has 2 aliphatic rings. The van der Waals surface area contributed by atoms with Gasteiger partial charge in [-0.05, 0) is 37.6 Å². The van der Waals surface area contributed by atoms with Crippen LogP contribution in [0.5, 0.6) is 0 Å². The number of nitrogens with zero attached hydrogens (tertiary/aromatic N) is 2. The van der Waals surface area contributed by atoms with Crippen molar-refractivity contribution in [3.63, 3.8) is 0 Å². The Balaban J connectivity index is 1.59. The van der Waals surface area contributed by atoms with Gasteiger partial charge in [-0.2, -0.15) is 0 Å². The summed E-state index contributed by atoms with van der Waals surface area (Å²) in [6, 6.07) is 7.45. The van der Waals surface area contributed by atoms with Gasteiger partial charge < -0.3 is 25.6 Å². The van der Waals surface area contributed by atoms with Crippen LogP contribution < -0.4 is 11.1 Å². The molecule has 0 aromatic heterocycles. The van der Waals surface area contributed by atoms with Crippen molar-refractivity contribution in [1.29, 1.82) is 0 Å². The fourth-order valence-electron chi connectivity index (χ4n) is 3.32. The third-order valence-electron chi connectivity index (χ3n) is 5.23. The normalized spacial score (nSPS) is 20.6. The molecule has 7 heteroatoms. The SMILES string of the molecule is CN1CCN(C(=O)Cc2cccc(NC(=O)C3(N)CCOCC3)c2)CC1. The lowest BCUT2D eigenvalue weighted by Gasteiger charge is -2.32. The number of hydrogen-bond donors (Lipinski definition) is 2. The monoisotopic (exact) mass is 360 g/mol. The van der Waals surface area contributed by atoms with Crippen molar-refractivity contribution in [3.8, 4) is 0 Å². The number of amides is 2. The van der Waals surface area contributed by atoms with Gasteiger partial charge in [-0.3, -0.25) is 9.59 Å². The zero-order chi connectivity index (χ0) is 18.6. The molecule has 2 saturated heterocycles. The molecule has 7 nitrogen and oxygen atoms in total. The molecule has 0 aliphatic carbocycles. The van der Waals surface area contributed by atoms with Crippen LogP contribution in [0.25, 0.3) is 0 Å². The summed E-state index contributed by atoms with van der Waals surface area (Å²) in [7, 11) is 2.07. The summed E-state index contributed by atoms with van der Waals surface area (Å²) in [4.78, 5) is 29.1. The number of likely N-dealkylation sites (N-methyl/N-ethyl adjacent to an activating group) is 1. The number of benzene rings is 1. The lowest BCUT2D eigenvalue weighted by atomic mass is 9.90. The topological polar surface area (TPSA) is 87.9 Å². The number of carbonyl (C=O) groups excluding carboxylic acids is 2. The van der Waals surface area contributed by atoms with Crippen molar-refractivity contribution in [2.24, 2.45) is 5.73 Å². The summed E-state index contributed by atoms with van der Waals surface area (Å²) in [6.07, 6.45) is 1.37. The second-order valence-corrected chi connectivity index (χ2v) is 7.28. The van der Waals surface area contributed by atoms with Crippen molar-refractivity contribution >= 4 is 17.5 Å². The molecule has 0 unspecified atom stereocenters. The Kier molecular flexibility index (Phi) is 5.90. The van der Waals surface area contributed by atoms with Crippen LogP contribution in [-0.4, -0.2) is 73.6 Å². The van der Waals surface area contributed by atoms with Crippen LogP contribution in [0.1, 0.15) is 18.4 Å². The van der Waals surface area contributed by atoms with E-state index in [0.717, 1.165) is 31.7 Å². The lowest BCUT2D eigenvalue weighted by molar-refractivity contribution is -0.132. The van der Waals surface area contributed by atoms with Gasteiger partial charge in [-0.1, -0.05) is 12.1 Å². The molecule has 3 rings (SSSR count). The van der Waals surface area contributed by atoms with Crippen LogP contribution in [0.3, 0.4) is 0 Å². The molecule has 0 bridgehead atoms. The molecule has 142 valence electrons. The molecule has 1 aromatic rings. The van der Waals surface area contributed by atoms with E-state index in [0.29, 0.717) is 38.2 Å². The predicted molar refractivity (Wildman–Crippen MR) is 99.8 cm³/mol. The van der Waals surface area contributed by atoms with Gasteiger partial charge in [0.05, 0.1) is 6.42 Å². The zero-order valence-corrected chi connectivity index (χ0v) is 15.4. The summed E-state index contributed by atoms with van der Waals surface area (Å²) in [5.74, 6) is -0.0651. The van der Waals surface area contributed by atoms with Crippen molar-refractivity contribution in [1.82, 2.24) is 9.80 Å². The molecular weight excluding hydrogens is 332 g/mol. The van der Waals surface area contributed by atoms with Crippen molar-refractivity contribution in [2.45, 2.75) is 24.8 Å². The highest BCUT2D eigenvalue weighted by Gasteiger charge is 2.35. The molecule has 2 aliphatic heterocycles. The summed E-state index contributed by atoms with van der Waals surface area (Å²) in [5.41, 5.74) is 6.91. The van der Waals surface area contributed by atoms with Gasteiger partial charge in [0.1, 0.15) is 5.54 Å². The van der Waals surface area contributed by atoms with Gasteiger partial charge in [0.15, 0.2) is 0 Å². The Morgan fingerprint density at radius 2 is 1.88 bits per heavy atom. The molecule has 3 N–H and O–H groups in total. The molecule has 0 atom stereocenters. The quantitative estimate of drug-likeness (QED) is 0.814. The number of carbonyl (C=O) groups is 2. The van der Waals surface area contributed by atoms with Gasteiger partial charge in [0.2, 0.25) is 11.8 Å². The minimum atomic E-state index is -0.885. The highest BCUT2D eigenvalue weighted by Crippen LogP contribution is 2.21. The third-order valence-corrected chi connectivity index (χ3v) is 5.23. The van der Waals surface area contributed by atoms with E-state index in [2.05, 4.69) is 17.3 Å².